The molecule has 0 unspecified atom stereocenters. The average molecular weight is 269 g/mol. The molecule has 0 N–H and O–H groups in total. The maximum absolute atomic E-state index is 12.2. The van der Waals surface area contributed by atoms with Gasteiger partial charge >= 0.3 is 0 Å². The molecule has 94 valence electrons. The van der Waals surface area contributed by atoms with Crippen LogP contribution in [0.15, 0.2) is 53.8 Å². The van der Waals surface area contributed by atoms with Gasteiger partial charge in [0, 0.05) is 4.88 Å². The lowest BCUT2D eigenvalue weighted by molar-refractivity contribution is 0.612. The van der Waals surface area contributed by atoms with Crippen LogP contribution in [-0.2, 0) is 6.54 Å². The normalized spacial score (nSPS) is 10.7. The first-order valence-electron chi connectivity index (χ1n) is 5.83. The van der Waals surface area contributed by atoms with E-state index in [1.54, 1.807) is 6.08 Å². The molecule has 0 amide bonds. The minimum Gasteiger partial charge on any atom is -0.267 e. The van der Waals surface area contributed by atoms with E-state index in [2.05, 4.69) is 16.9 Å². The quantitative estimate of drug-likeness (QED) is 0.687. The summed E-state index contributed by atoms with van der Waals surface area (Å²) in [5.41, 5.74) is 0.962. The van der Waals surface area contributed by atoms with Crippen LogP contribution in [0.5, 0.6) is 0 Å². The van der Waals surface area contributed by atoms with Gasteiger partial charge in [0.05, 0.1) is 11.9 Å². The van der Waals surface area contributed by atoms with E-state index < -0.39 is 0 Å². The molecule has 2 heterocycles. The smallest absolute Gasteiger partial charge is 0.267 e. The van der Waals surface area contributed by atoms with Gasteiger partial charge in [0.25, 0.3) is 5.56 Å². The molecule has 3 aromatic rings. The predicted octanol–water partition coefficient (Wildman–Crippen LogP) is 2.71. The first kappa shape index (κ1) is 11.8. The molecule has 0 aliphatic carbocycles. The Bertz CT molecular complexity index is 789. The number of nitrogens with zero attached hydrogens (tertiary/aromatic N) is 3. The molecule has 0 bridgehead atoms. The standard InChI is InChI=1S/C14H11N3OS/c1-2-8-17-14(18)11-9-12(19-13(11)15-16-17)10-6-4-3-5-7-10/h2-7,9H,1,8H2. The Hall–Kier alpha value is -2.27. The van der Waals surface area contributed by atoms with Crippen molar-refractivity contribution >= 4 is 21.6 Å². The molecule has 0 aliphatic rings. The fourth-order valence-corrected chi connectivity index (χ4v) is 2.84. The minimum absolute atomic E-state index is 0.122. The van der Waals surface area contributed by atoms with E-state index in [4.69, 9.17) is 0 Å². The maximum atomic E-state index is 12.2. The molecule has 1 aromatic carbocycles. The third-order valence-electron chi connectivity index (χ3n) is 2.78. The lowest BCUT2D eigenvalue weighted by atomic mass is 10.2. The summed E-state index contributed by atoms with van der Waals surface area (Å²) in [7, 11) is 0. The van der Waals surface area contributed by atoms with Crippen LogP contribution in [-0.4, -0.2) is 15.0 Å². The first-order chi connectivity index (χ1) is 9.29. The van der Waals surface area contributed by atoms with Crippen molar-refractivity contribution in [3.05, 3.63) is 59.4 Å². The highest BCUT2D eigenvalue weighted by molar-refractivity contribution is 7.21. The van der Waals surface area contributed by atoms with Crippen LogP contribution < -0.4 is 5.56 Å². The Morgan fingerprint density at radius 3 is 2.84 bits per heavy atom. The number of rotatable bonds is 3. The largest absolute Gasteiger partial charge is 0.278 e. The molecule has 0 saturated heterocycles. The van der Waals surface area contributed by atoms with Gasteiger partial charge in [-0.1, -0.05) is 41.6 Å². The highest BCUT2D eigenvalue weighted by atomic mass is 32.1. The monoisotopic (exact) mass is 269 g/mol. The van der Waals surface area contributed by atoms with Crippen LogP contribution in [0, 0.1) is 0 Å². The maximum Gasteiger partial charge on any atom is 0.278 e. The van der Waals surface area contributed by atoms with E-state index in [9.17, 15) is 4.79 Å². The molecule has 0 aliphatic heterocycles. The summed E-state index contributed by atoms with van der Waals surface area (Å²) in [6.45, 7) is 3.98. The molecular formula is C14H11N3OS. The van der Waals surface area contributed by atoms with Gasteiger partial charge < -0.3 is 0 Å². The number of hydrogen-bond acceptors (Lipinski definition) is 4. The van der Waals surface area contributed by atoms with Crippen molar-refractivity contribution in [2.75, 3.05) is 0 Å². The van der Waals surface area contributed by atoms with Crippen molar-refractivity contribution in [2.45, 2.75) is 6.54 Å². The third kappa shape index (κ3) is 2.08. The zero-order chi connectivity index (χ0) is 13.2. The molecule has 2 aromatic heterocycles. The molecule has 5 heteroatoms. The zero-order valence-corrected chi connectivity index (χ0v) is 10.9. The predicted molar refractivity (Wildman–Crippen MR) is 77.3 cm³/mol. The molecule has 0 spiro atoms. The fourth-order valence-electron chi connectivity index (χ4n) is 1.87. The van der Waals surface area contributed by atoms with Gasteiger partial charge in [-0.3, -0.25) is 4.79 Å². The summed E-state index contributed by atoms with van der Waals surface area (Å²) in [5.74, 6) is 0. The van der Waals surface area contributed by atoms with Crippen molar-refractivity contribution in [3.63, 3.8) is 0 Å². The Labute approximate surface area is 113 Å². The average Bonchev–Trinajstić information content (AvgIpc) is 2.88. The Kier molecular flexibility index (Phi) is 2.97. The van der Waals surface area contributed by atoms with Crippen molar-refractivity contribution in [2.24, 2.45) is 0 Å². The van der Waals surface area contributed by atoms with E-state index in [1.165, 1.54) is 16.0 Å². The van der Waals surface area contributed by atoms with Gasteiger partial charge in [-0.15, -0.1) is 23.0 Å². The van der Waals surface area contributed by atoms with Crippen molar-refractivity contribution in [1.82, 2.24) is 15.0 Å². The fraction of sp³-hybridized carbons (Fsp3) is 0.0714. The van der Waals surface area contributed by atoms with Gasteiger partial charge in [0.1, 0.15) is 0 Å². The van der Waals surface area contributed by atoms with Crippen molar-refractivity contribution in [3.8, 4) is 10.4 Å². The van der Waals surface area contributed by atoms with Gasteiger partial charge in [-0.05, 0) is 11.6 Å². The second-order valence-electron chi connectivity index (χ2n) is 4.06. The molecule has 4 nitrogen and oxygen atoms in total. The van der Waals surface area contributed by atoms with Crippen LogP contribution in [0.25, 0.3) is 20.7 Å². The number of hydrogen-bond donors (Lipinski definition) is 0. The molecular weight excluding hydrogens is 258 g/mol. The number of benzene rings is 1. The molecule has 0 saturated carbocycles. The molecule has 0 atom stereocenters. The van der Waals surface area contributed by atoms with Gasteiger partial charge in [-0.25, -0.2) is 4.68 Å². The second-order valence-corrected chi connectivity index (χ2v) is 5.09. The Morgan fingerprint density at radius 1 is 1.32 bits per heavy atom. The van der Waals surface area contributed by atoms with E-state index in [0.717, 1.165) is 10.4 Å². The summed E-state index contributed by atoms with van der Waals surface area (Å²) in [6, 6.07) is 11.8. The molecule has 0 radical (unpaired) electrons. The summed E-state index contributed by atoms with van der Waals surface area (Å²) >= 11 is 1.48. The lowest BCUT2D eigenvalue weighted by Crippen LogP contribution is -2.22. The minimum atomic E-state index is -0.122. The van der Waals surface area contributed by atoms with Gasteiger partial charge in [0.2, 0.25) is 0 Å². The van der Waals surface area contributed by atoms with Gasteiger partial charge in [-0.2, -0.15) is 0 Å². The third-order valence-corrected chi connectivity index (χ3v) is 3.85. The van der Waals surface area contributed by atoms with E-state index >= 15 is 0 Å². The summed E-state index contributed by atoms with van der Waals surface area (Å²) in [6.07, 6.45) is 1.63. The highest BCUT2D eigenvalue weighted by Crippen LogP contribution is 2.30. The second kappa shape index (κ2) is 4.78. The summed E-state index contributed by atoms with van der Waals surface area (Å²) < 4.78 is 1.32. The Morgan fingerprint density at radius 2 is 2.11 bits per heavy atom. The SMILES string of the molecule is C=CCn1nnc2sc(-c3ccccc3)cc2c1=O. The number of fused-ring (bicyclic) bond motifs is 1. The van der Waals surface area contributed by atoms with Gasteiger partial charge in [0.15, 0.2) is 4.83 Å². The Balaban J connectivity index is 2.19. The topological polar surface area (TPSA) is 47.8 Å². The van der Waals surface area contributed by atoms with Crippen molar-refractivity contribution in [1.29, 1.82) is 0 Å². The molecule has 3 rings (SSSR count). The molecule has 19 heavy (non-hydrogen) atoms. The van der Waals surface area contributed by atoms with Crippen LogP contribution in [0.2, 0.25) is 0 Å². The van der Waals surface area contributed by atoms with Crippen LogP contribution in [0.4, 0.5) is 0 Å². The van der Waals surface area contributed by atoms with Crippen LogP contribution in [0.1, 0.15) is 0 Å². The van der Waals surface area contributed by atoms with E-state index in [1.807, 2.05) is 36.4 Å². The number of thiophene rings is 1. The number of aromatic nitrogens is 3. The first-order valence-corrected chi connectivity index (χ1v) is 6.65. The number of allylic oxidation sites excluding steroid dienone is 1. The van der Waals surface area contributed by atoms with Crippen LogP contribution in [0.3, 0.4) is 0 Å². The highest BCUT2D eigenvalue weighted by Gasteiger charge is 2.10. The van der Waals surface area contributed by atoms with Crippen molar-refractivity contribution < 1.29 is 0 Å². The lowest BCUT2D eigenvalue weighted by Gasteiger charge is -1.96. The summed E-state index contributed by atoms with van der Waals surface area (Å²) in [4.78, 5) is 13.9. The van der Waals surface area contributed by atoms with Crippen LogP contribution >= 0.6 is 11.3 Å². The van der Waals surface area contributed by atoms with E-state index in [-0.39, 0.29) is 5.56 Å². The molecule has 0 fully saturated rings. The zero-order valence-electron chi connectivity index (χ0n) is 10.1. The summed E-state index contributed by atoms with van der Waals surface area (Å²) in [5, 5.41) is 8.60. The van der Waals surface area contributed by atoms with E-state index in [0.29, 0.717) is 16.8 Å².